The van der Waals surface area contributed by atoms with Crippen molar-refractivity contribution in [3.63, 3.8) is 0 Å². The third-order valence-corrected chi connectivity index (χ3v) is 3.94. The van der Waals surface area contributed by atoms with Crippen molar-refractivity contribution in [3.05, 3.63) is 35.4 Å². The molecule has 0 heterocycles. The Morgan fingerprint density at radius 1 is 1.47 bits per heavy atom. The molecule has 0 bridgehead atoms. The first-order valence-corrected chi connectivity index (χ1v) is 7.25. The molecule has 1 aromatic rings. The van der Waals surface area contributed by atoms with Gasteiger partial charge in [0.1, 0.15) is 0 Å². The van der Waals surface area contributed by atoms with E-state index in [0.29, 0.717) is 11.9 Å². The van der Waals surface area contributed by atoms with Gasteiger partial charge in [0.05, 0.1) is 0 Å². The highest BCUT2D eigenvalue weighted by Crippen LogP contribution is 2.25. The van der Waals surface area contributed by atoms with Crippen molar-refractivity contribution in [2.75, 3.05) is 13.1 Å². The predicted octanol–water partition coefficient (Wildman–Crippen LogP) is 2.80. The number of hydrogen-bond donors (Lipinski definition) is 2. The van der Waals surface area contributed by atoms with Crippen LogP contribution in [0.4, 0.5) is 0 Å². The molecular formula is C16H25N3. The number of nitrogens with zero attached hydrogens (tertiary/aromatic N) is 1. The standard InChI is InChI=1S/C16H25N3/c1-12-5-3-8-15(9-12)13(2)10-18-16(17)19-11-14-6-4-7-14/h3,5,8-9,13-14H,4,6-7,10-11H2,1-2H3,(H3,17,18,19). The Hall–Kier alpha value is -1.51. The van der Waals surface area contributed by atoms with Crippen molar-refractivity contribution < 1.29 is 0 Å². The van der Waals surface area contributed by atoms with Gasteiger partial charge >= 0.3 is 0 Å². The van der Waals surface area contributed by atoms with Crippen LogP contribution in [0.15, 0.2) is 29.3 Å². The number of guanidine groups is 1. The monoisotopic (exact) mass is 259 g/mol. The Kier molecular flexibility index (Phi) is 4.83. The van der Waals surface area contributed by atoms with Crippen LogP contribution < -0.4 is 11.1 Å². The maximum atomic E-state index is 5.90. The van der Waals surface area contributed by atoms with E-state index in [-0.39, 0.29) is 0 Å². The van der Waals surface area contributed by atoms with Gasteiger partial charge in [-0.25, -0.2) is 0 Å². The maximum absolute atomic E-state index is 5.90. The normalized spacial score (nSPS) is 17.9. The third-order valence-electron chi connectivity index (χ3n) is 3.94. The zero-order valence-corrected chi connectivity index (χ0v) is 12.0. The summed E-state index contributed by atoms with van der Waals surface area (Å²) in [4.78, 5) is 4.44. The fourth-order valence-electron chi connectivity index (χ4n) is 2.32. The van der Waals surface area contributed by atoms with E-state index in [0.717, 1.165) is 19.0 Å². The van der Waals surface area contributed by atoms with E-state index in [9.17, 15) is 0 Å². The SMILES string of the molecule is Cc1cccc(C(C)CN=C(N)NCC2CCC2)c1. The van der Waals surface area contributed by atoms with Crippen molar-refractivity contribution in [1.82, 2.24) is 5.32 Å². The summed E-state index contributed by atoms with van der Waals surface area (Å²) in [6.07, 6.45) is 4.04. The number of nitrogens with two attached hydrogens (primary N) is 1. The van der Waals surface area contributed by atoms with Crippen LogP contribution in [0.3, 0.4) is 0 Å². The van der Waals surface area contributed by atoms with Crippen LogP contribution in [0.2, 0.25) is 0 Å². The zero-order chi connectivity index (χ0) is 13.7. The van der Waals surface area contributed by atoms with Gasteiger partial charge in [-0.05, 0) is 31.2 Å². The molecule has 0 radical (unpaired) electrons. The number of benzene rings is 1. The Balaban J connectivity index is 1.79. The van der Waals surface area contributed by atoms with Gasteiger partial charge in [0.25, 0.3) is 0 Å². The largest absolute Gasteiger partial charge is 0.370 e. The van der Waals surface area contributed by atoms with Gasteiger partial charge in [0, 0.05) is 19.0 Å². The lowest BCUT2D eigenvalue weighted by Gasteiger charge is -2.25. The molecule has 3 N–H and O–H groups in total. The smallest absolute Gasteiger partial charge is 0.188 e. The predicted molar refractivity (Wildman–Crippen MR) is 81.4 cm³/mol. The van der Waals surface area contributed by atoms with Crippen LogP contribution in [0, 0.1) is 12.8 Å². The molecule has 0 spiro atoms. The first-order chi connectivity index (χ1) is 9.15. The van der Waals surface area contributed by atoms with E-state index in [1.807, 2.05) is 0 Å². The molecule has 1 aliphatic carbocycles. The van der Waals surface area contributed by atoms with Gasteiger partial charge in [-0.1, -0.05) is 43.2 Å². The molecule has 19 heavy (non-hydrogen) atoms. The second-order valence-electron chi connectivity index (χ2n) is 5.72. The second kappa shape index (κ2) is 6.60. The fourth-order valence-corrected chi connectivity index (χ4v) is 2.32. The summed E-state index contributed by atoms with van der Waals surface area (Å²) in [6.45, 7) is 6.03. The number of aryl methyl sites for hydroxylation is 1. The molecule has 0 saturated heterocycles. The van der Waals surface area contributed by atoms with E-state index < -0.39 is 0 Å². The summed E-state index contributed by atoms with van der Waals surface area (Å²) < 4.78 is 0. The number of rotatable bonds is 5. The summed E-state index contributed by atoms with van der Waals surface area (Å²) in [5.41, 5.74) is 8.52. The average Bonchev–Trinajstić information content (AvgIpc) is 2.34. The van der Waals surface area contributed by atoms with Crippen molar-refractivity contribution in [1.29, 1.82) is 0 Å². The molecule has 3 nitrogen and oxygen atoms in total. The topological polar surface area (TPSA) is 50.4 Å². The van der Waals surface area contributed by atoms with Crippen molar-refractivity contribution >= 4 is 5.96 Å². The molecule has 1 aliphatic rings. The van der Waals surface area contributed by atoms with Gasteiger partial charge in [0.15, 0.2) is 5.96 Å². The second-order valence-corrected chi connectivity index (χ2v) is 5.72. The van der Waals surface area contributed by atoms with E-state index in [1.165, 1.54) is 30.4 Å². The third kappa shape index (κ3) is 4.27. The minimum Gasteiger partial charge on any atom is -0.370 e. The summed E-state index contributed by atoms with van der Waals surface area (Å²) in [7, 11) is 0. The molecule has 1 fully saturated rings. The average molecular weight is 259 g/mol. The quantitative estimate of drug-likeness (QED) is 0.631. The molecule has 1 saturated carbocycles. The molecule has 1 unspecified atom stereocenters. The van der Waals surface area contributed by atoms with Gasteiger partial charge < -0.3 is 11.1 Å². The highest BCUT2D eigenvalue weighted by atomic mass is 15.1. The van der Waals surface area contributed by atoms with Crippen LogP contribution in [0.25, 0.3) is 0 Å². The first-order valence-electron chi connectivity index (χ1n) is 7.25. The molecular weight excluding hydrogens is 234 g/mol. The van der Waals surface area contributed by atoms with E-state index >= 15 is 0 Å². The van der Waals surface area contributed by atoms with Crippen LogP contribution in [-0.2, 0) is 0 Å². The fraction of sp³-hybridized carbons (Fsp3) is 0.562. The van der Waals surface area contributed by atoms with Gasteiger partial charge in [0.2, 0.25) is 0 Å². The summed E-state index contributed by atoms with van der Waals surface area (Å²) in [6, 6.07) is 8.60. The lowest BCUT2D eigenvalue weighted by molar-refractivity contribution is 0.315. The first kappa shape index (κ1) is 13.9. The molecule has 0 aromatic heterocycles. The lowest BCUT2D eigenvalue weighted by Crippen LogP contribution is -2.37. The summed E-state index contributed by atoms with van der Waals surface area (Å²) in [5.74, 6) is 1.80. The van der Waals surface area contributed by atoms with Crippen molar-refractivity contribution in [3.8, 4) is 0 Å². The lowest BCUT2D eigenvalue weighted by atomic mass is 9.85. The molecule has 2 rings (SSSR count). The molecule has 1 aromatic carbocycles. The highest BCUT2D eigenvalue weighted by Gasteiger charge is 2.16. The van der Waals surface area contributed by atoms with Crippen LogP contribution in [-0.4, -0.2) is 19.0 Å². The molecule has 1 atom stereocenters. The Morgan fingerprint density at radius 2 is 2.26 bits per heavy atom. The number of nitrogens with one attached hydrogen (secondary N) is 1. The highest BCUT2D eigenvalue weighted by molar-refractivity contribution is 5.77. The minimum absolute atomic E-state index is 0.406. The van der Waals surface area contributed by atoms with E-state index in [2.05, 4.69) is 48.4 Å². The Morgan fingerprint density at radius 3 is 2.89 bits per heavy atom. The molecule has 0 amide bonds. The van der Waals surface area contributed by atoms with Crippen LogP contribution in [0.5, 0.6) is 0 Å². The number of aliphatic imine (C=N–C) groups is 1. The van der Waals surface area contributed by atoms with E-state index in [1.54, 1.807) is 0 Å². The molecule has 3 heteroatoms. The van der Waals surface area contributed by atoms with Gasteiger partial charge in [-0.15, -0.1) is 0 Å². The Bertz CT molecular complexity index is 435. The zero-order valence-electron chi connectivity index (χ0n) is 12.0. The van der Waals surface area contributed by atoms with E-state index in [4.69, 9.17) is 5.73 Å². The summed E-state index contributed by atoms with van der Waals surface area (Å²) in [5, 5.41) is 3.23. The van der Waals surface area contributed by atoms with Crippen molar-refractivity contribution in [2.45, 2.75) is 39.0 Å². The minimum atomic E-state index is 0.406. The van der Waals surface area contributed by atoms with Crippen LogP contribution in [0.1, 0.15) is 43.2 Å². The molecule has 104 valence electrons. The Labute approximate surface area is 116 Å². The van der Waals surface area contributed by atoms with Crippen LogP contribution >= 0.6 is 0 Å². The van der Waals surface area contributed by atoms with Crippen molar-refractivity contribution in [2.24, 2.45) is 16.6 Å². The number of hydrogen-bond acceptors (Lipinski definition) is 1. The summed E-state index contributed by atoms with van der Waals surface area (Å²) >= 11 is 0. The maximum Gasteiger partial charge on any atom is 0.188 e. The van der Waals surface area contributed by atoms with Gasteiger partial charge in [-0.2, -0.15) is 0 Å². The van der Waals surface area contributed by atoms with Gasteiger partial charge in [-0.3, -0.25) is 4.99 Å². The molecule has 0 aliphatic heterocycles.